The Morgan fingerprint density at radius 2 is 2.07 bits per heavy atom. The van der Waals surface area contributed by atoms with Crippen molar-refractivity contribution in [3.05, 3.63) is 29.3 Å². The van der Waals surface area contributed by atoms with Crippen LogP contribution in [0.1, 0.15) is 13.8 Å². The summed E-state index contributed by atoms with van der Waals surface area (Å²) in [6, 6.07) is 7.88. The molecule has 0 fully saturated rings. The molecule has 15 heavy (non-hydrogen) atoms. The molecule has 1 amide bonds. The molecule has 0 saturated heterocycles. The molecule has 0 aliphatic rings. The monoisotopic (exact) mass is 243 g/mol. The first-order valence-corrected chi connectivity index (χ1v) is 6.10. The van der Waals surface area contributed by atoms with E-state index in [4.69, 9.17) is 11.6 Å². The van der Waals surface area contributed by atoms with E-state index in [1.54, 1.807) is 11.8 Å². The van der Waals surface area contributed by atoms with Gasteiger partial charge in [0.15, 0.2) is 0 Å². The van der Waals surface area contributed by atoms with Gasteiger partial charge in [-0.2, -0.15) is 0 Å². The minimum atomic E-state index is 0.0132. The molecule has 1 aromatic rings. The summed E-state index contributed by atoms with van der Waals surface area (Å²) in [5.74, 6) is 0.875. The number of hydrogen-bond acceptors (Lipinski definition) is 2. The van der Waals surface area contributed by atoms with Gasteiger partial charge in [-0.1, -0.05) is 11.6 Å². The smallest absolute Gasteiger partial charge is 0.217 e. The minimum Gasteiger partial charge on any atom is -0.353 e. The molecule has 0 aliphatic heterocycles. The summed E-state index contributed by atoms with van der Waals surface area (Å²) < 4.78 is 0. The third-order valence-electron chi connectivity index (χ3n) is 1.76. The second kappa shape index (κ2) is 6.03. The summed E-state index contributed by atoms with van der Waals surface area (Å²) in [5.41, 5.74) is 0. The van der Waals surface area contributed by atoms with E-state index >= 15 is 0 Å². The van der Waals surface area contributed by atoms with Gasteiger partial charge in [0.05, 0.1) is 0 Å². The highest BCUT2D eigenvalue weighted by Gasteiger charge is 2.03. The van der Waals surface area contributed by atoms with E-state index in [2.05, 4.69) is 5.32 Å². The first kappa shape index (κ1) is 12.4. The van der Waals surface area contributed by atoms with Gasteiger partial charge in [0.1, 0.15) is 0 Å². The van der Waals surface area contributed by atoms with Gasteiger partial charge in [-0.3, -0.25) is 4.79 Å². The van der Waals surface area contributed by atoms with Crippen LogP contribution in [0.2, 0.25) is 5.02 Å². The fourth-order valence-corrected chi connectivity index (χ4v) is 2.12. The van der Waals surface area contributed by atoms with Crippen molar-refractivity contribution >= 4 is 29.3 Å². The van der Waals surface area contributed by atoms with E-state index < -0.39 is 0 Å². The van der Waals surface area contributed by atoms with Crippen LogP contribution < -0.4 is 5.32 Å². The first-order valence-electron chi connectivity index (χ1n) is 4.73. The van der Waals surface area contributed by atoms with Crippen LogP contribution in [0.5, 0.6) is 0 Å². The number of carbonyl (C=O) groups is 1. The number of halogens is 1. The van der Waals surface area contributed by atoms with Crippen molar-refractivity contribution in [2.45, 2.75) is 24.8 Å². The molecule has 1 aromatic carbocycles. The normalized spacial score (nSPS) is 12.2. The van der Waals surface area contributed by atoms with Crippen molar-refractivity contribution in [2.24, 2.45) is 0 Å². The van der Waals surface area contributed by atoms with E-state index in [-0.39, 0.29) is 11.9 Å². The lowest BCUT2D eigenvalue weighted by Gasteiger charge is -2.11. The molecule has 0 aliphatic carbocycles. The van der Waals surface area contributed by atoms with Crippen molar-refractivity contribution in [3.63, 3.8) is 0 Å². The van der Waals surface area contributed by atoms with Crippen molar-refractivity contribution < 1.29 is 4.79 Å². The Hall–Kier alpha value is -0.670. The third kappa shape index (κ3) is 5.09. The molecule has 0 aromatic heterocycles. The van der Waals surface area contributed by atoms with Crippen LogP contribution in [0.4, 0.5) is 0 Å². The molecule has 1 rings (SSSR count). The van der Waals surface area contributed by atoms with E-state index in [0.717, 1.165) is 15.7 Å². The van der Waals surface area contributed by atoms with Crippen LogP contribution in [0.25, 0.3) is 0 Å². The molecule has 1 atom stereocenters. The Morgan fingerprint density at radius 1 is 1.47 bits per heavy atom. The van der Waals surface area contributed by atoms with Gasteiger partial charge in [0.2, 0.25) is 5.91 Å². The maximum Gasteiger partial charge on any atom is 0.217 e. The van der Waals surface area contributed by atoms with Crippen molar-refractivity contribution in [1.29, 1.82) is 0 Å². The molecule has 0 unspecified atom stereocenters. The average molecular weight is 244 g/mol. The van der Waals surface area contributed by atoms with Gasteiger partial charge in [-0.25, -0.2) is 0 Å². The SMILES string of the molecule is CC(=O)N[C@@H](C)CSc1ccc(Cl)cc1. The van der Waals surface area contributed by atoms with Crippen LogP contribution in [-0.2, 0) is 4.79 Å². The zero-order valence-corrected chi connectivity index (χ0v) is 10.4. The van der Waals surface area contributed by atoms with Gasteiger partial charge in [0, 0.05) is 28.6 Å². The largest absolute Gasteiger partial charge is 0.353 e. The third-order valence-corrected chi connectivity index (χ3v) is 3.29. The summed E-state index contributed by atoms with van der Waals surface area (Å²) in [4.78, 5) is 11.9. The second-order valence-electron chi connectivity index (χ2n) is 3.37. The lowest BCUT2D eigenvalue weighted by Crippen LogP contribution is -2.32. The highest BCUT2D eigenvalue weighted by atomic mass is 35.5. The zero-order valence-electron chi connectivity index (χ0n) is 8.79. The number of thioether (sulfide) groups is 1. The Morgan fingerprint density at radius 3 is 2.60 bits per heavy atom. The standard InChI is InChI=1S/C11H14ClNOS/c1-8(13-9(2)14)7-15-11-5-3-10(12)4-6-11/h3-6,8H,7H2,1-2H3,(H,13,14)/t8-/m0/s1. The topological polar surface area (TPSA) is 29.1 Å². The number of carbonyl (C=O) groups excluding carboxylic acids is 1. The number of benzene rings is 1. The molecule has 2 nitrogen and oxygen atoms in total. The van der Waals surface area contributed by atoms with Crippen LogP contribution in [0.15, 0.2) is 29.2 Å². The van der Waals surface area contributed by atoms with Gasteiger partial charge < -0.3 is 5.32 Å². The molecule has 0 bridgehead atoms. The Balaban J connectivity index is 2.36. The maximum atomic E-state index is 10.8. The minimum absolute atomic E-state index is 0.0132. The van der Waals surface area contributed by atoms with Gasteiger partial charge in [0.25, 0.3) is 0 Å². The highest BCUT2D eigenvalue weighted by Crippen LogP contribution is 2.20. The van der Waals surface area contributed by atoms with Crippen molar-refractivity contribution in [3.8, 4) is 0 Å². The van der Waals surface area contributed by atoms with Gasteiger partial charge >= 0.3 is 0 Å². The van der Waals surface area contributed by atoms with E-state index in [0.29, 0.717) is 0 Å². The molecule has 0 spiro atoms. The zero-order chi connectivity index (χ0) is 11.3. The number of rotatable bonds is 4. The molecule has 1 N–H and O–H groups in total. The number of nitrogens with one attached hydrogen (secondary N) is 1. The highest BCUT2D eigenvalue weighted by molar-refractivity contribution is 7.99. The number of amides is 1. The lowest BCUT2D eigenvalue weighted by atomic mass is 10.4. The summed E-state index contributed by atoms with van der Waals surface area (Å²) in [7, 11) is 0. The van der Waals surface area contributed by atoms with Crippen LogP contribution in [-0.4, -0.2) is 17.7 Å². The predicted molar refractivity (Wildman–Crippen MR) is 65.5 cm³/mol. The van der Waals surface area contributed by atoms with Crippen LogP contribution in [0.3, 0.4) is 0 Å². The van der Waals surface area contributed by atoms with E-state index in [1.165, 1.54) is 6.92 Å². The Labute approximate surface area is 99.4 Å². The van der Waals surface area contributed by atoms with Crippen LogP contribution >= 0.6 is 23.4 Å². The number of hydrogen-bond donors (Lipinski definition) is 1. The molecule has 0 radical (unpaired) electrons. The predicted octanol–water partition coefficient (Wildman–Crippen LogP) is 2.96. The summed E-state index contributed by atoms with van der Waals surface area (Å²) in [5, 5.41) is 3.58. The molecule has 0 heterocycles. The summed E-state index contributed by atoms with van der Waals surface area (Å²) in [6.45, 7) is 3.52. The molecular weight excluding hydrogens is 230 g/mol. The first-order chi connectivity index (χ1) is 7.08. The Bertz CT molecular complexity index is 326. The van der Waals surface area contributed by atoms with Gasteiger partial charge in [-0.15, -0.1) is 11.8 Å². The molecule has 4 heteroatoms. The fraction of sp³-hybridized carbons (Fsp3) is 0.364. The summed E-state index contributed by atoms with van der Waals surface area (Å²) >= 11 is 7.48. The Kier molecular flexibility index (Phi) is 4.99. The quantitative estimate of drug-likeness (QED) is 0.824. The van der Waals surface area contributed by atoms with Gasteiger partial charge in [-0.05, 0) is 31.2 Å². The molecular formula is C11H14ClNOS. The van der Waals surface area contributed by atoms with Crippen molar-refractivity contribution in [1.82, 2.24) is 5.32 Å². The van der Waals surface area contributed by atoms with Crippen LogP contribution in [0, 0.1) is 0 Å². The maximum absolute atomic E-state index is 10.8. The molecule has 82 valence electrons. The van der Waals surface area contributed by atoms with E-state index in [1.807, 2.05) is 31.2 Å². The van der Waals surface area contributed by atoms with E-state index in [9.17, 15) is 4.79 Å². The average Bonchev–Trinajstić information content (AvgIpc) is 2.16. The lowest BCUT2D eigenvalue weighted by molar-refractivity contribution is -0.119. The molecule has 0 saturated carbocycles. The summed E-state index contributed by atoms with van der Waals surface area (Å²) in [6.07, 6.45) is 0. The van der Waals surface area contributed by atoms with Crippen molar-refractivity contribution in [2.75, 3.05) is 5.75 Å². The fourth-order valence-electron chi connectivity index (χ4n) is 1.14. The second-order valence-corrected chi connectivity index (χ2v) is 4.90.